The molecule has 2 N–H and O–H groups in total. The van der Waals surface area contributed by atoms with Gasteiger partial charge in [0.05, 0.1) is 10.2 Å². The molecule has 0 amide bonds. The lowest BCUT2D eigenvalue weighted by Gasteiger charge is -2.10. The Morgan fingerprint density at radius 2 is 1.95 bits per heavy atom. The number of carboxylic acids is 1. The first-order chi connectivity index (χ1) is 8.90. The number of benzene rings is 1. The summed E-state index contributed by atoms with van der Waals surface area (Å²) in [4.78, 5) is 22.8. The number of hydrogen-bond donors (Lipinski definition) is 2. The van der Waals surface area contributed by atoms with E-state index in [1.54, 1.807) is 0 Å². The van der Waals surface area contributed by atoms with Crippen molar-refractivity contribution in [3.63, 3.8) is 0 Å². The van der Waals surface area contributed by atoms with E-state index >= 15 is 0 Å². The van der Waals surface area contributed by atoms with Crippen molar-refractivity contribution in [1.29, 1.82) is 0 Å². The zero-order valence-corrected chi connectivity index (χ0v) is 10.9. The molecule has 98 valence electrons. The second kappa shape index (κ2) is 4.85. The van der Waals surface area contributed by atoms with Gasteiger partial charge in [0.1, 0.15) is 17.3 Å². The molecule has 1 heterocycles. The smallest absolute Gasteiger partial charge is 0.353 e. The molecule has 0 atom stereocenters. The summed E-state index contributed by atoms with van der Waals surface area (Å²) in [7, 11) is 0. The zero-order valence-electron chi connectivity index (χ0n) is 9.30. The van der Waals surface area contributed by atoms with Gasteiger partial charge in [0.15, 0.2) is 0 Å². The molecule has 7 heteroatoms. The summed E-state index contributed by atoms with van der Waals surface area (Å²) >= 11 is 2.96. The van der Waals surface area contributed by atoms with Crippen LogP contribution in [-0.4, -0.2) is 20.7 Å². The Balaban J connectivity index is 2.77. The van der Waals surface area contributed by atoms with Crippen LogP contribution in [-0.2, 0) is 0 Å². The van der Waals surface area contributed by atoms with Gasteiger partial charge in [0, 0.05) is 12.1 Å². The van der Waals surface area contributed by atoms with Crippen LogP contribution in [0, 0.1) is 5.82 Å². The van der Waals surface area contributed by atoms with Crippen molar-refractivity contribution in [2.45, 2.75) is 0 Å². The summed E-state index contributed by atoms with van der Waals surface area (Å²) < 4.78 is 14.4. The third kappa shape index (κ3) is 2.50. The van der Waals surface area contributed by atoms with Crippen molar-refractivity contribution in [2.75, 3.05) is 0 Å². The average molecular weight is 328 g/mol. The third-order valence-electron chi connectivity index (χ3n) is 2.40. The number of carboxylic acid groups (broad SMARTS) is 1. The molecule has 0 aliphatic heterocycles. The van der Waals surface area contributed by atoms with E-state index < -0.39 is 28.8 Å². The van der Waals surface area contributed by atoms with Crippen LogP contribution in [0.25, 0.3) is 5.69 Å². The van der Waals surface area contributed by atoms with Crippen molar-refractivity contribution in [1.82, 2.24) is 4.57 Å². The first-order valence-electron chi connectivity index (χ1n) is 5.05. The largest absolute Gasteiger partial charge is 0.508 e. The van der Waals surface area contributed by atoms with E-state index in [9.17, 15) is 19.1 Å². The van der Waals surface area contributed by atoms with E-state index in [0.717, 1.165) is 22.8 Å². The molecule has 5 nitrogen and oxygen atoms in total. The van der Waals surface area contributed by atoms with Crippen LogP contribution in [0.3, 0.4) is 0 Å². The molecule has 0 radical (unpaired) electrons. The predicted molar refractivity (Wildman–Crippen MR) is 68.3 cm³/mol. The number of pyridine rings is 1. The van der Waals surface area contributed by atoms with Gasteiger partial charge in [-0.05, 0) is 34.1 Å². The number of aromatic hydroxyl groups is 1. The van der Waals surface area contributed by atoms with E-state index in [1.807, 2.05) is 0 Å². The Kier molecular flexibility index (Phi) is 3.39. The van der Waals surface area contributed by atoms with Gasteiger partial charge >= 0.3 is 5.97 Å². The normalized spacial score (nSPS) is 10.4. The number of aromatic nitrogens is 1. The van der Waals surface area contributed by atoms with Crippen LogP contribution >= 0.6 is 15.9 Å². The molecule has 0 aliphatic rings. The Labute approximate surface area is 114 Å². The van der Waals surface area contributed by atoms with Crippen LogP contribution in [0.2, 0.25) is 0 Å². The first-order valence-corrected chi connectivity index (χ1v) is 5.84. The molecule has 0 aliphatic carbocycles. The molecule has 0 unspecified atom stereocenters. The molecule has 0 saturated heterocycles. The molecule has 0 bridgehead atoms. The van der Waals surface area contributed by atoms with E-state index in [4.69, 9.17) is 5.11 Å². The Morgan fingerprint density at radius 3 is 2.53 bits per heavy atom. The van der Waals surface area contributed by atoms with Crippen molar-refractivity contribution < 1.29 is 19.4 Å². The summed E-state index contributed by atoms with van der Waals surface area (Å²) in [5, 5.41) is 18.3. The first kappa shape index (κ1) is 13.3. The quantitative estimate of drug-likeness (QED) is 0.885. The SMILES string of the molecule is O=C(O)c1cc(O)cc(=O)n1-c1ccc(Br)c(F)c1. The monoisotopic (exact) mass is 327 g/mol. The van der Waals surface area contributed by atoms with Gasteiger partial charge in [-0.25, -0.2) is 9.18 Å². The minimum absolute atomic E-state index is 0.0584. The molecule has 0 saturated carbocycles. The van der Waals surface area contributed by atoms with Crippen LogP contribution in [0.15, 0.2) is 39.6 Å². The maximum atomic E-state index is 13.4. The van der Waals surface area contributed by atoms with Gasteiger partial charge in [-0.1, -0.05) is 0 Å². The van der Waals surface area contributed by atoms with Gasteiger partial charge in [0.25, 0.3) is 5.56 Å². The highest BCUT2D eigenvalue weighted by atomic mass is 79.9. The Morgan fingerprint density at radius 1 is 1.26 bits per heavy atom. The highest BCUT2D eigenvalue weighted by Crippen LogP contribution is 2.20. The van der Waals surface area contributed by atoms with Crippen LogP contribution in [0.1, 0.15) is 10.5 Å². The lowest BCUT2D eigenvalue weighted by molar-refractivity contribution is 0.0686. The topological polar surface area (TPSA) is 79.5 Å². The van der Waals surface area contributed by atoms with Gasteiger partial charge in [-0.3, -0.25) is 9.36 Å². The summed E-state index contributed by atoms with van der Waals surface area (Å²) in [5.41, 5.74) is -1.16. The van der Waals surface area contributed by atoms with Crippen molar-refractivity contribution in [3.8, 4) is 11.4 Å². The molecular formula is C12H7BrFNO4. The Bertz CT molecular complexity index is 726. The lowest BCUT2D eigenvalue weighted by Crippen LogP contribution is -2.23. The summed E-state index contributed by atoms with van der Waals surface area (Å²) in [6, 6.07) is 5.54. The van der Waals surface area contributed by atoms with Crippen LogP contribution in [0.4, 0.5) is 4.39 Å². The van der Waals surface area contributed by atoms with E-state index in [2.05, 4.69) is 15.9 Å². The van der Waals surface area contributed by atoms with Crippen molar-refractivity contribution >= 4 is 21.9 Å². The second-order valence-corrected chi connectivity index (χ2v) is 4.53. The average Bonchev–Trinajstić information content (AvgIpc) is 2.32. The third-order valence-corrected chi connectivity index (χ3v) is 3.04. The maximum absolute atomic E-state index is 13.4. The number of hydrogen-bond acceptors (Lipinski definition) is 3. The molecule has 1 aromatic heterocycles. The lowest BCUT2D eigenvalue weighted by atomic mass is 10.2. The van der Waals surface area contributed by atoms with Gasteiger partial charge in [0.2, 0.25) is 0 Å². The van der Waals surface area contributed by atoms with E-state index in [1.165, 1.54) is 12.1 Å². The van der Waals surface area contributed by atoms with Crippen LogP contribution in [0.5, 0.6) is 5.75 Å². The number of nitrogens with zero attached hydrogens (tertiary/aromatic N) is 1. The summed E-state index contributed by atoms with van der Waals surface area (Å²) in [6.45, 7) is 0. The van der Waals surface area contributed by atoms with Crippen molar-refractivity contribution in [2.24, 2.45) is 0 Å². The molecule has 2 rings (SSSR count). The van der Waals surface area contributed by atoms with E-state index in [-0.39, 0.29) is 10.2 Å². The minimum Gasteiger partial charge on any atom is -0.508 e. The highest BCUT2D eigenvalue weighted by molar-refractivity contribution is 9.10. The number of rotatable bonds is 2. The van der Waals surface area contributed by atoms with Crippen LogP contribution < -0.4 is 5.56 Å². The van der Waals surface area contributed by atoms with Crippen molar-refractivity contribution in [3.05, 3.63) is 56.7 Å². The standard InChI is InChI=1S/C12H7BrFNO4/c13-8-2-1-6(3-9(8)14)15-10(12(18)19)4-7(16)5-11(15)17/h1-5,16H,(H,18,19). The maximum Gasteiger partial charge on any atom is 0.353 e. The molecule has 19 heavy (non-hydrogen) atoms. The zero-order chi connectivity index (χ0) is 14.2. The second-order valence-electron chi connectivity index (χ2n) is 3.68. The number of halogens is 2. The van der Waals surface area contributed by atoms with Gasteiger partial charge in [-0.15, -0.1) is 0 Å². The fraction of sp³-hybridized carbons (Fsp3) is 0. The molecule has 2 aromatic rings. The molecule has 1 aromatic carbocycles. The van der Waals surface area contributed by atoms with Gasteiger partial charge < -0.3 is 10.2 Å². The molecular weight excluding hydrogens is 321 g/mol. The number of aromatic carboxylic acids is 1. The summed E-state index contributed by atoms with van der Waals surface area (Å²) in [5.74, 6) is -2.50. The van der Waals surface area contributed by atoms with E-state index in [0.29, 0.717) is 0 Å². The minimum atomic E-state index is -1.41. The summed E-state index contributed by atoms with van der Waals surface area (Å²) in [6.07, 6.45) is 0. The fourth-order valence-electron chi connectivity index (χ4n) is 1.60. The fourth-order valence-corrected chi connectivity index (χ4v) is 1.85. The predicted octanol–water partition coefficient (Wildman–Crippen LogP) is 2.14. The number of carbonyl (C=O) groups is 1. The Hall–Kier alpha value is -2.15. The van der Waals surface area contributed by atoms with Gasteiger partial charge in [-0.2, -0.15) is 0 Å². The molecule has 0 fully saturated rings. The highest BCUT2D eigenvalue weighted by Gasteiger charge is 2.15. The molecule has 0 spiro atoms.